The van der Waals surface area contributed by atoms with E-state index >= 15 is 0 Å². The minimum Gasteiger partial charge on any atom is -0.368 e. The van der Waals surface area contributed by atoms with Crippen molar-refractivity contribution in [2.75, 3.05) is 13.1 Å². The number of nitrogens with one attached hydrogen (secondary N) is 1. The van der Waals surface area contributed by atoms with Gasteiger partial charge in [0.1, 0.15) is 5.54 Å². The first-order chi connectivity index (χ1) is 6.43. The van der Waals surface area contributed by atoms with Crippen LogP contribution in [-0.2, 0) is 4.79 Å². The molecule has 14 heavy (non-hydrogen) atoms. The maximum absolute atomic E-state index is 11.6. The first-order valence-electron chi connectivity index (χ1n) is 4.80. The van der Waals surface area contributed by atoms with Gasteiger partial charge in [-0.3, -0.25) is 4.79 Å². The van der Waals surface area contributed by atoms with Crippen molar-refractivity contribution in [1.29, 1.82) is 0 Å². The molecule has 0 radical (unpaired) electrons. The summed E-state index contributed by atoms with van der Waals surface area (Å²) in [6.07, 6.45) is 2.06. The minimum absolute atomic E-state index is 0.202. The summed E-state index contributed by atoms with van der Waals surface area (Å²) in [6.45, 7) is 4.73. The molecule has 0 aromatic heterocycles. The van der Waals surface area contributed by atoms with Crippen molar-refractivity contribution in [3.8, 4) is 0 Å². The van der Waals surface area contributed by atoms with Crippen molar-refractivity contribution in [3.63, 3.8) is 0 Å². The second kappa shape index (κ2) is 3.86. The molecule has 80 valence electrons. The van der Waals surface area contributed by atoms with E-state index in [4.69, 9.17) is 5.73 Å². The predicted octanol–water partition coefficient (Wildman–Crippen LogP) is 0.0557. The second-order valence-corrected chi connectivity index (χ2v) is 4.11. The highest BCUT2D eigenvalue weighted by atomic mass is 16.2. The zero-order chi connectivity index (χ0) is 10.8. The molecule has 1 saturated heterocycles. The number of hydrogen-bond acceptors (Lipinski definition) is 2. The molecule has 1 rings (SSSR count). The minimum atomic E-state index is -0.973. The van der Waals surface area contributed by atoms with E-state index < -0.39 is 11.4 Å². The largest absolute Gasteiger partial charge is 0.368 e. The number of likely N-dealkylation sites (tertiary alicyclic amines) is 1. The van der Waals surface area contributed by atoms with Crippen molar-refractivity contribution in [2.45, 2.75) is 32.2 Å². The molecule has 1 fully saturated rings. The lowest BCUT2D eigenvalue weighted by atomic mass is 10.1. The Labute approximate surface area is 83.6 Å². The van der Waals surface area contributed by atoms with Crippen LogP contribution in [-0.4, -0.2) is 35.5 Å². The van der Waals surface area contributed by atoms with Crippen LogP contribution in [0.25, 0.3) is 0 Å². The number of nitrogens with two attached hydrogens (primary N) is 1. The molecule has 3 amide bonds. The molecule has 1 aliphatic heterocycles. The summed E-state index contributed by atoms with van der Waals surface area (Å²) < 4.78 is 0. The third-order valence-corrected chi connectivity index (χ3v) is 2.43. The summed E-state index contributed by atoms with van der Waals surface area (Å²) >= 11 is 0. The fourth-order valence-electron chi connectivity index (χ4n) is 1.33. The third kappa shape index (κ3) is 2.37. The van der Waals surface area contributed by atoms with Crippen LogP contribution in [0.4, 0.5) is 4.79 Å². The predicted molar refractivity (Wildman–Crippen MR) is 52.6 cm³/mol. The molecule has 0 spiro atoms. The standard InChI is InChI=1S/C9H17N3O2/c1-9(2,7(10)13)11-8(14)12-5-3-4-6-12/h3-6H2,1-2H3,(H2,10,13)(H,11,14). The number of carbonyl (C=O) groups excluding carboxylic acids is 2. The van der Waals surface area contributed by atoms with E-state index in [-0.39, 0.29) is 6.03 Å². The molecular weight excluding hydrogens is 182 g/mol. The van der Waals surface area contributed by atoms with Gasteiger partial charge in [0, 0.05) is 13.1 Å². The Morgan fingerprint density at radius 3 is 2.21 bits per heavy atom. The highest BCUT2D eigenvalue weighted by Crippen LogP contribution is 2.09. The highest BCUT2D eigenvalue weighted by molar-refractivity contribution is 5.89. The molecule has 0 bridgehead atoms. The van der Waals surface area contributed by atoms with Gasteiger partial charge in [0.2, 0.25) is 5.91 Å². The first kappa shape index (κ1) is 10.8. The van der Waals surface area contributed by atoms with Crippen molar-refractivity contribution < 1.29 is 9.59 Å². The van der Waals surface area contributed by atoms with E-state index in [1.807, 2.05) is 0 Å². The number of amides is 3. The molecule has 0 unspecified atom stereocenters. The van der Waals surface area contributed by atoms with Crippen LogP contribution >= 0.6 is 0 Å². The summed E-state index contributed by atoms with van der Waals surface area (Å²) in [5.41, 5.74) is 4.17. The number of primary amides is 1. The van der Waals surface area contributed by atoms with Gasteiger partial charge in [-0.15, -0.1) is 0 Å². The SMILES string of the molecule is CC(C)(NC(=O)N1CCCC1)C(N)=O. The van der Waals surface area contributed by atoms with Gasteiger partial charge in [-0.2, -0.15) is 0 Å². The van der Waals surface area contributed by atoms with E-state index in [2.05, 4.69) is 5.32 Å². The van der Waals surface area contributed by atoms with Crippen LogP contribution in [0.5, 0.6) is 0 Å². The summed E-state index contributed by atoms with van der Waals surface area (Å²) in [7, 11) is 0. The van der Waals surface area contributed by atoms with Crippen molar-refractivity contribution in [2.24, 2.45) is 5.73 Å². The molecule has 0 atom stereocenters. The zero-order valence-electron chi connectivity index (χ0n) is 8.67. The summed E-state index contributed by atoms with van der Waals surface area (Å²) in [5, 5.41) is 2.61. The maximum atomic E-state index is 11.6. The lowest BCUT2D eigenvalue weighted by Gasteiger charge is -2.26. The summed E-state index contributed by atoms with van der Waals surface area (Å²) in [5.74, 6) is -0.523. The van der Waals surface area contributed by atoms with E-state index in [0.717, 1.165) is 25.9 Å². The Hall–Kier alpha value is -1.26. The first-order valence-corrected chi connectivity index (χ1v) is 4.80. The fourth-order valence-corrected chi connectivity index (χ4v) is 1.33. The number of nitrogens with zero attached hydrogens (tertiary/aromatic N) is 1. The number of urea groups is 1. The van der Waals surface area contributed by atoms with Gasteiger partial charge in [0.15, 0.2) is 0 Å². The van der Waals surface area contributed by atoms with Gasteiger partial charge in [0.25, 0.3) is 0 Å². The van der Waals surface area contributed by atoms with Crippen LogP contribution < -0.4 is 11.1 Å². The summed E-state index contributed by atoms with van der Waals surface area (Å²) in [4.78, 5) is 24.2. The fraction of sp³-hybridized carbons (Fsp3) is 0.778. The number of hydrogen-bond donors (Lipinski definition) is 2. The number of carbonyl (C=O) groups is 2. The van der Waals surface area contributed by atoms with Gasteiger partial charge >= 0.3 is 6.03 Å². The van der Waals surface area contributed by atoms with Crippen LogP contribution in [0, 0.1) is 0 Å². The molecular formula is C9H17N3O2. The Bertz CT molecular complexity index is 244. The van der Waals surface area contributed by atoms with Crippen molar-refractivity contribution in [1.82, 2.24) is 10.2 Å². The maximum Gasteiger partial charge on any atom is 0.318 e. The van der Waals surface area contributed by atoms with E-state index in [1.165, 1.54) is 0 Å². The highest BCUT2D eigenvalue weighted by Gasteiger charge is 2.29. The molecule has 5 nitrogen and oxygen atoms in total. The van der Waals surface area contributed by atoms with Crippen molar-refractivity contribution >= 4 is 11.9 Å². The molecule has 1 aliphatic rings. The van der Waals surface area contributed by atoms with Crippen LogP contribution in [0.1, 0.15) is 26.7 Å². The van der Waals surface area contributed by atoms with Gasteiger partial charge in [-0.1, -0.05) is 0 Å². The molecule has 0 saturated carbocycles. The zero-order valence-corrected chi connectivity index (χ0v) is 8.67. The quantitative estimate of drug-likeness (QED) is 0.659. The average Bonchev–Trinajstić information content (AvgIpc) is 2.54. The molecule has 0 aliphatic carbocycles. The Morgan fingerprint density at radius 2 is 1.79 bits per heavy atom. The summed E-state index contributed by atoms with van der Waals surface area (Å²) in [6, 6.07) is -0.202. The molecule has 5 heteroatoms. The van der Waals surface area contributed by atoms with Crippen molar-refractivity contribution in [3.05, 3.63) is 0 Å². The topological polar surface area (TPSA) is 75.4 Å². The monoisotopic (exact) mass is 199 g/mol. The molecule has 3 N–H and O–H groups in total. The molecule has 0 aromatic rings. The van der Waals surface area contributed by atoms with Crippen LogP contribution in [0.2, 0.25) is 0 Å². The van der Waals surface area contributed by atoms with Gasteiger partial charge < -0.3 is 16.0 Å². The molecule has 0 aromatic carbocycles. The van der Waals surface area contributed by atoms with Crippen LogP contribution in [0.15, 0.2) is 0 Å². The van der Waals surface area contributed by atoms with Gasteiger partial charge in [0.05, 0.1) is 0 Å². The second-order valence-electron chi connectivity index (χ2n) is 4.11. The van der Waals surface area contributed by atoms with E-state index in [0.29, 0.717) is 0 Å². The Kier molecular flexibility index (Phi) is 2.98. The third-order valence-electron chi connectivity index (χ3n) is 2.43. The molecule has 1 heterocycles. The van der Waals surface area contributed by atoms with E-state index in [9.17, 15) is 9.59 Å². The number of rotatable bonds is 2. The van der Waals surface area contributed by atoms with Gasteiger partial charge in [-0.25, -0.2) is 4.79 Å². The van der Waals surface area contributed by atoms with Gasteiger partial charge in [-0.05, 0) is 26.7 Å². The lowest BCUT2D eigenvalue weighted by molar-refractivity contribution is -0.122. The Balaban J connectivity index is 2.51. The van der Waals surface area contributed by atoms with E-state index in [1.54, 1.807) is 18.7 Å². The van der Waals surface area contributed by atoms with Crippen LogP contribution in [0.3, 0.4) is 0 Å². The smallest absolute Gasteiger partial charge is 0.318 e. The lowest BCUT2D eigenvalue weighted by Crippen LogP contribution is -2.56. The average molecular weight is 199 g/mol. The normalized spacial score (nSPS) is 16.9. The Morgan fingerprint density at radius 1 is 1.29 bits per heavy atom.